The van der Waals surface area contributed by atoms with Gasteiger partial charge in [-0.15, -0.1) is 6.42 Å². The molecule has 3 aromatic rings. The molecule has 172 valence electrons. The molecular weight excluding hydrogens is 420 g/mol. The summed E-state index contributed by atoms with van der Waals surface area (Å²) in [6.07, 6.45) is 9.83. The molecule has 0 radical (unpaired) electrons. The molecule has 1 aromatic heterocycles. The molecule has 3 rings (SSSR count). The number of phenolic OH excluding ortho intramolecular Hbond substituents is 2. The van der Waals surface area contributed by atoms with Crippen molar-refractivity contribution in [2.24, 2.45) is 0 Å². The molecule has 0 atom stereocenters. The maximum absolute atomic E-state index is 13.7. The average molecular weight is 449 g/mol. The van der Waals surface area contributed by atoms with Gasteiger partial charge in [0, 0.05) is 23.3 Å². The van der Waals surface area contributed by atoms with Crippen molar-refractivity contribution in [3.05, 3.63) is 56.8 Å². The zero-order valence-electron chi connectivity index (χ0n) is 19.5. The van der Waals surface area contributed by atoms with Crippen LogP contribution in [0.15, 0.2) is 44.6 Å². The molecule has 0 aliphatic rings. The van der Waals surface area contributed by atoms with E-state index in [9.17, 15) is 15.0 Å². The third-order valence-electron chi connectivity index (χ3n) is 5.27. The van der Waals surface area contributed by atoms with Gasteiger partial charge in [0.2, 0.25) is 5.43 Å². The quantitative estimate of drug-likeness (QED) is 0.286. The van der Waals surface area contributed by atoms with Gasteiger partial charge >= 0.3 is 0 Å². The van der Waals surface area contributed by atoms with E-state index in [1.807, 2.05) is 39.8 Å². The second kappa shape index (κ2) is 9.74. The highest BCUT2D eigenvalue weighted by molar-refractivity contribution is 5.97. The predicted molar refractivity (Wildman–Crippen MR) is 130 cm³/mol. The van der Waals surface area contributed by atoms with Crippen molar-refractivity contribution >= 4 is 21.9 Å². The number of phenols is 2. The lowest BCUT2D eigenvalue weighted by atomic mass is 9.98. The minimum absolute atomic E-state index is 0.00949. The summed E-state index contributed by atoms with van der Waals surface area (Å²) in [7, 11) is 1.49. The lowest BCUT2D eigenvalue weighted by Gasteiger charge is -2.16. The number of hydrogen-bond acceptors (Lipinski definition) is 6. The van der Waals surface area contributed by atoms with Crippen LogP contribution in [-0.4, -0.2) is 23.9 Å². The monoisotopic (exact) mass is 448 g/mol. The number of terminal acetylenes is 1. The average Bonchev–Trinajstić information content (AvgIpc) is 2.74. The maximum atomic E-state index is 13.7. The Balaban J connectivity index is 2.45. The molecule has 0 bridgehead atoms. The van der Waals surface area contributed by atoms with Gasteiger partial charge in [-0.3, -0.25) is 4.79 Å². The van der Waals surface area contributed by atoms with E-state index in [-0.39, 0.29) is 52.0 Å². The molecule has 2 aromatic carbocycles. The Bertz CT molecular complexity index is 1370. The first-order chi connectivity index (χ1) is 15.7. The van der Waals surface area contributed by atoms with E-state index in [1.165, 1.54) is 13.2 Å². The van der Waals surface area contributed by atoms with Gasteiger partial charge in [0.25, 0.3) is 0 Å². The third kappa shape index (κ3) is 4.68. The Morgan fingerprint density at radius 2 is 1.64 bits per heavy atom. The van der Waals surface area contributed by atoms with Crippen molar-refractivity contribution in [3.8, 4) is 35.3 Å². The van der Waals surface area contributed by atoms with Crippen LogP contribution >= 0.6 is 0 Å². The Morgan fingerprint density at radius 3 is 2.21 bits per heavy atom. The topological polar surface area (TPSA) is 89.1 Å². The second-order valence-electron chi connectivity index (χ2n) is 8.25. The largest absolute Gasteiger partial charge is 0.507 e. The lowest BCUT2D eigenvalue weighted by molar-refractivity contribution is 0.329. The van der Waals surface area contributed by atoms with E-state index in [0.717, 1.165) is 11.1 Å². The molecule has 0 aliphatic heterocycles. The summed E-state index contributed by atoms with van der Waals surface area (Å²) >= 11 is 0. The highest BCUT2D eigenvalue weighted by Gasteiger charge is 2.23. The number of hydrogen-bond donors (Lipinski definition) is 2. The van der Waals surface area contributed by atoms with Crippen molar-refractivity contribution in [1.82, 2.24) is 0 Å². The molecule has 1 heterocycles. The summed E-state index contributed by atoms with van der Waals surface area (Å²) in [6.45, 7) is 7.75. The van der Waals surface area contributed by atoms with Gasteiger partial charge < -0.3 is 24.1 Å². The van der Waals surface area contributed by atoms with E-state index in [1.54, 1.807) is 6.07 Å². The van der Waals surface area contributed by atoms with Gasteiger partial charge in [0.1, 0.15) is 34.7 Å². The first kappa shape index (κ1) is 23.8. The molecule has 6 nitrogen and oxygen atoms in total. The van der Waals surface area contributed by atoms with Gasteiger partial charge in [0.15, 0.2) is 11.5 Å². The lowest BCUT2D eigenvalue weighted by Crippen LogP contribution is -2.09. The van der Waals surface area contributed by atoms with E-state index >= 15 is 0 Å². The third-order valence-corrected chi connectivity index (χ3v) is 5.27. The minimum Gasteiger partial charge on any atom is -0.507 e. The summed E-state index contributed by atoms with van der Waals surface area (Å²) in [5.41, 5.74) is 2.81. The van der Waals surface area contributed by atoms with Gasteiger partial charge in [-0.2, -0.15) is 0 Å². The van der Waals surface area contributed by atoms with E-state index in [0.29, 0.717) is 23.5 Å². The molecule has 0 amide bonds. The van der Waals surface area contributed by atoms with E-state index in [2.05, 4.69) is 5.92 Å². The van der Waals surface area contributed by atoms with Crippen molar-refractivity contribution in [2.75, 3.05) is 13.7 Å². The highest BCUT2D eigenvalue weighted by Crippen LogP contribution is 2.41. The molecule has 6 heteroatoms. The fourth-order valence-corrected chi connectivity index (χ4v) is 3.67. The fraction of sp³-hybridized carbons (Fsp3) is 0.296. The van der Waals surface area contributed by atoms with Crippen LogP contribution in [0.5, 0.6) is 23.0 Å². The number of benzene rings is 2. The zero-order valence-corrected chi connectivity index (χ0v) is 19.5. The Labute approximate surface area is 192 Å². The predicted octanol–water partition coefficient (Wildman–Crippen LogP) is 5.40. The molecule has 33 heavy (non-hydrogen) atoms. The van der Waals surface area contributed by atoms with Crippen LogP contribution in [0.1, 0.15) is 38.8 Å². The fourth-order valence-electron chi connectivity index (χ4n) is 3.67. The van der Waals surface area contributed by atoms with Crippen molar-refractivity contribution < 1.29 is 24.1 Å². The summed E-state index contributed by atoms with van der Waals surface area (Å²) in [5.74, 6) is 2.69. The van der Waals surface area contributed by atoms with Crippen LogP contribution in [-0.2, 0) is 12.8 Å². The molecule has 0 saturated heterocycles. The van der Waals surface area contributed by atoms with Crippen molar-refractivity contribution in [2.45, 2.75) is 40.5 Å². The van der Waals surface area contributed by atoms with Crippen LogP contribution in [0.3, 0.4) is 0 Å². The number of fused-ring (bicyclic) bond motifs is 2. The summed E-state index contributed by atoms with van der Waals surface area (Å²) in [5, 5.41) is 21.7. The first-order valence-corrected chi connectivity index (χ1v) is 10.6. The van der Waals surface area contributed by atoms with Crippen molar-refractivity contribution in [3.63, 3.8) is 0 Å². The second-order valence-corrected chi connectivity index (χ2v) is 8.25. The van der Waals surface area contributed by atoms with Gasteiger partial charge in [-0.25, -0.2) is 0 Å². The van der Waals surface area contributed by atoms with Gasteiger partial charge in [0.05, 0.1) is 12.5 Å². The molecule has 0 saturated carbocycles. The minimum atomic E-state index is -0.416. The number of aromatic hydroxyl groups is 2. The molecular formula is C27H28O6. The number of ether oxygens (including phenoxy) is 2. The SMILES string of the molecule is C#CCOc1cc2oc3cc(O)c(CC=C(C)C)c(O)c3c(=O)c2c(CC=C(C)C)c1OC. The number of rotatable bonds is 7. The maximum Gasteiger partial charge on any atom is 0.204 e. The van der Waals surface area contributed by atoms with Crippen LogP contribution in [0.2, 0.25) is 0 Å². The Hall–Kier alpha value is -3.85. The summed E-state index contributed by atoms with van der Waals surface area (Å²) < 4.78 is 17.3. The van der Waals surface area contributed by atoms with Gasteiger partial charge in [-0.05, 0) is 40.5 Å². The molecule has 2 N–H and O–H groups in total. The molecule has 0 fully saturated rings. The Kier molecular flexibility index (Phi) is 7.03. The summed E-state index contributed by atoms with van der Waals surface area (Å²) in [6, 6.07) is 2.90. The smallest absolute Gasteiger partial charge is 0.204 e. The van der Waals surface area contributed by atoms with Crippen LogP contribution in [0.25, 0.3) is 21.9 Å². The standard InChI is InChI=1S/C27H28O6/c1-7-12-32-22-14-21-23(18(27(22)31-6)11-9-16(4)5)26(30)24-20(33-21)13-19(28)17(25(24)29)10-8-15(2)3/h1,8-9,13-14,28-29H,10-12H2,2-6H3. The molecule has 0 spiro atoms. The Morgan fingerprint density at radius 1 is 1.03 bits per heavy atom. The normalized spacial score (nSPS) is 10.7. The molecule has 0 aliphatic carbocycles. The van der Waals surface area contributed by atoms with Crippen LogP contribution in [0.4, 0.5) is 0 Å². The first-order valence-electron chi connectivity index (χ1n) is 10.6. The van der Waals surface area contributed by atoms with Crippen molar-refractivity contribution in [1.29, 1.82) is 0 Å². The zero-order chi connectivity index (χ0) is 24.3. The molecule has 0 unspecified atom stereocenters. The van der Waals surface area contributed by atoms with Gasteiger partial charge in [-0.1, -0.05) is 29.2 Å². The highest BCUT2D eigenvalue weighted by atomic mass is 16.5. The van der Waals surface area contributed by atoms with Crippen LogP contribution < -0.4 is 14.9 Å². The number of allylic oxidation sites excluding steroid dienone is 4. The van der Waals surface area contributed by atoms with E-state index < -0.39 is 5.43 Å². The summed E-state index contributed by atoms with van der Waals surface area (Å²) in [4.78, 5) is 13.7. The van der Waals surface area contributed by atoms with E-state index in [4.69, 9.17) is 20.3 Å². The number of methoxy groups -OCH3 is 1. The van der Waals surface area contributed by atoms with Crippen LogP contribution in [0, 0.1) is 12.3 Å².